The molecule has 2 heterocycles. The van der Waals surface area contributed by atoms with Crippen LogP contribution < -0.4 is 0 Å². The topological polar surface area (TPSA) is 92.5 Å². The molecule has 0 unspecified atom stereocenters. The molecule has 0 aliphatic rings. The molecule has 0 aliphatic heterocycles. The maximum atomic E-state index is 7.06. The van der Waals surface area contributed by atoms with Crippen LogP contribution in [0.1, 0.15) is 0 Å². The Morgan fingerprint density at radius 1 is 0.593 bits per heavy atom. The van der Waals surface area contributed by atoms with Gasteiger partial charge in [-0.25, -0.2) is 9.97 Å². The summed E-state index contributed by atoms with van der Waals surface area (Å²) in [4.78, 5) is 9.03. The van der Waals surface area contributed by atoms with Crippen LogP contribution in [0.3, 0.4) is 0 Å². The van der Waals surface area contributed by atoms with Gasteiger partial charge in [0.2, 0.25) is 11.8 Å². The maximum Gasteiger partial charge on any atom is 0.227 e. The van der Waals surface area contributed by atoms with Crippen LogP contribution in [0.4, 0.5) is 0 Å². The van der Waals surface area contributed by atoms with Crippen LogP contribution in [0.5, 0.6) is 0 Å². The number of benzene rings is 3. The van der Waals surface area contributed by atoms with Crippen molar-refractivity contribution in [1.82, 2.24) is 9.97 Å². The molecule has 0 amide bonds. The number of nitrogens with zero attached hydrogens (tertiary/aromatic N) is 2. The minimum absolute atomic E-state index is 0.375. The van der Waals surface area contributed by atoms with E-state index in [4.69, 9.17) is 17.3 Å². The van der Waals surface area contributed by atoms with Gasteiger partial charge in [0.15, 0.2) is 11.2 Å². The van der Waals surface area contributed by atoms with E-state index in [0.29, 0.717) is 11.8 Å². The molecule has 0 saturated heterocycles. The first-order valence-electron chi connectivity index (χ1n) is 7.97. The van der Waals surface area contributed by atoms with Crippen molar-refractivity contribution < 1.29 is 32.4 Å². The Hall–Kier alpha value is -2.99. The van der Waals surface area contributed by atoms with E-state index in [1.807, 2.05) is 72.8 Å². The van der Waals surface area contributed by atoms with E-state index in [1.165, 1.54) is 0 Å². The van der Waals surface area contributed by atoms with Crippen molar-refractivity contribution in [1.29, 1.82) is 0 Å². The Balaban J connectivity index is 0.000000565. The van der Waals surface area contributed by atoms with Crippen LogP contribution in [-0.4, -0.2) is 18.5 Å². The fraction of sp³-hybridized carbons (Fsp3) is 0. The molecule has 0 atom stereocenters. The van der Waals surface area contributed by atoms with Gasteiger partial charge in [-0.3, -0.25) is 0 Å². The van der Waals surface area contributed by atoms with E-state index >= 15 is 0 Å². The molecule has 3 aromatic carbocycles. The summed E-state index contributed by atoms with van der Waals surface area (Å²) in [5.41, 5.74) is 5.13. The van der Waals surface area contributed by atoms with Gasteiger partial charge in [0.05, 0.1) is 0 Å². The zero-order valence-electron chi connectivity index (χ0n) is 13.8. The Kier molecular flexibility index (Phi) is 4.98. The predicted octanol–water partition coefficient (Wildman–Crippen LogP) is 4.19. The number of oxazole rings is 2. The Bertz CT molecular complexity index is 1020. The van der Waals surface area contributed by atoms with E-state index < -0.39 is 0 Å². The first kappa shape index (κ1) is 17.4. The quantitative estimate of drug-likeness (QED) is 0.428. The molecular weight excluding hydrogens is 391 g/mol. The first-order chi connectivity index (χ1) is 13.3. The van der Waals surface area contributed by atoms with Gasteiger partial charge in [-0.05, 0) is 48.5 Å². The summed E-state index contributed by atoms with van der Waals surface area (Å²) in [7, 11) is 0. The molecule has 5 rings (SSSR count). The van der Waals surface area contributed by atoms with Crippen molar-refractivity contribution in [2.24, 2.45) is 0 Å². The van der Waals surface area contributed by atoms with Crippen molar-refractivity contribution in [2.75, 3.05) is 0 Å². The van der Waals surface area contributed by atoms with Crippen molar-refractivity contribution in [3.05, 3.63) is 72.8 Å². The molecule has 2 aromatic heterocycles. The molecule has 6 nitrogen and oxygen atoms in total. The molecule has 138 valence electrons. The average molecular weight is 405 g/mol. The molecule has 0 fully saturated rings. The summed E-state index contributed by atoms with van der Waals surface area (Å²) in [5, 5.41) is 0. The van der Waals surface area contributed by atoms with Gasteiger partial charge in [-0.2, -0.15) is 0 Å². The fourth-order valence-corrected chi connectivity index (χ4v) is 2.75. The number of hydrogen-bond acceptors (Lipinski definition) is 6. The monoisotopic (exact) mass is 404 g/mol. The molecule has 2 N–H and O–H groups in total. The van der Waals surface area contributed by atoms with Crippen molar-refractivity contribution in [3.63, 3.8) is 0 Å². The number of rotatable bonds is 2. The summed E-state index contributed by atoms with van der Waals surface area (Å²) in [6, 6.07) is 23.4. The van der Waals surface area contributed by atoms with E-state index in [9.17, 15) is 0 Å². The third-order valence-corrected chi connectivity index (χ3v) is 3.97. The average Bonchev–Trinajstić information content (AvgIpc) is 3.33. The second-order valence-electron chi connectivity index (χ2n) is 5.61. The van der Waals surface area contributed by atoms with Gasteiger partial charge in [0.25, 0.3) is 0 Å². The number of hydrogen-bond donors (Lipinski definition) is 2. The predicted molar refractivity (Wildman–Crippen MR) is 96.9 cm³/mol. The zero-order chi connectivity index (χ0) is 18.6. The van der Waals surface area contributed by atoms with Crippen molar-refractivity contribution >= 4 is 22.2 Å². The van der Waals surface area contributed by atoms with Gasteiger partial charge >= 0.3 is 23.6 Å². The van der Waals surface area contributed by atoms with Gasteiger partial charge in [-0.1, -0.05) is 24.3 Å². The van der Waals surface area contributed by atoms with Crippen LogP contribution >= 0.6 is 0 Å². The number of fused-ring (bicyclic) bond motifs is 2. The second-order valence-corrected chi connectivity index (χ2v) is 5.81. The third-order valence-electron chi connectivity index (χ3n) is 3.97. The van der Waals surface area contributed by atoms with Crippen LogP contribution in [0, 0.1) is 0 Å². The summed E-state index contributed by atoms with van der Waals surface area (Å²) in [6.45, 7) is 0. The fourth-order valence-electron chi connectivity index (χ4n) is 2.75. The molecule has 27 heavy (non-hydrogen) atoms. The van der Waals surface area contributed by atoms with Crippen LogP contribution in [0.15, 0.2) is 81.6 Å². The van der Waals surface area contributed by atoms with Crippen LogP contribution in [0.2, 0.25) is 0 Å². The minimum atomic E-state index is -0.375. The number of para-hydroxylation sites is 4. The molecule has 0 saturated carbocycles. The zero-order valence-corrected chi connectivity index (χ0v) is 14.8. The van der Waals surface area contributed by atoms with Gasteiger partial charge in [0, 0.05) is 11.1 Å². The Labute approximate surface area is 160 Å². The SMILES string of the molecule is [OH][Ni][OH].c1ccc2oc(-c3ccc(-c4nc5ccccc5o4)cc3)nc2c1. The minimum Gasteiger partial charge on any atom is -0.436 e. The van der Waals surface area contributed by atoms with Gasteiger partial charge in [0.1, 0.15) is 11.0 Å². The van der Waals surface area contributed by atoms with Crippen molar-refractivity contribution in [2.45, 2.75) is 0 Å². The molecule has 0 bridgehead atoms. The largest absolute Gasteiger partial charge is 0.436 e. The Morgan fingerprint density at radius 2 is 0.963 bits per heavy atom. The summed E-state index contributed by atoms with van der Waals surface area (Å²) in [6.07, 6.45) is 0. The maximum absolute atomic E-state index is 7.06. The van der Waals surface area contributed by atoms with Crippen molar-refractivity contribution in [3.8, 4) is 22.9 Å². The normalized spacial score (nSPS) is 10.9. The first-order valence-corrected chi connectivity index (χ1v) is 8.85. The molecule has 0 spiro atoms. The smallest absolute Gasteiger partial charge is 0.227 e. The van der Waals surface area contributed by atoms with E-state index in [2.05, 4.69) is 9.97 Å². The molecule has 7 heteroatoms. The second kappa shape index (κ2) is 7.72. The van der Waals surface area contributed by atoms with Crippen LogP contribution in [-0.2, 0) is 15.1 Å². The Morgan fingerprint density at radius 3 is 1.33 bits per heavy atom. The third kappa shape index (κ3) is 3.62. The molecule has 0 aliphatic carbocycles. The molecular formula is C20H14N2NiO4. The summed E-state index contributed by atoms with van der Waals surface area (Å²) in [5.74, 6) is 1.22. The van der Waals surface area contributed by atoms with Crippen LogP contribution in [0.25, 0.3) is 45.1 Å². The van der Waals surface area contributed by atoms with Gasteiger partial charge in [-0.15, -0.1) is 0 Å². The van der Waals surface area contributed by atoms with Gasteiger partial charge < -0.3 is 8.83 Å². The molecule has 5 aromatic rings. The molecule has 0 radical (unpaired) electrons. The summed E-state index contributed by atoms with van der Waals surface area (Å²) >= 11 is -0.375. The van der Waals surface area contributed by atoms with E-state index in [0.717, 1.165) is 33.3 Å². The van der Waals surface area contributed by atoms with E-state index in [-0.39, 0.29) is 15.1 Å². The number of aromatic nitrogens is 2. The van der Waals surface area contributed by atoms with E-state index in [1.54, 1.807) is 0 Å². The standard InChI is InChI=1S/C20H12N2O2.Ni.2H2O/c1-3-7-17-15(5-1)21-19(23-17)13-9-11-14(12-10-13)20-22-16-6-2-4-8-18(16)24-20;;;/h1-12H;;2*1H2/q;+2;;/p-2. The summed E-state index contributed by atoms with van der Waals surface area (Å²) < 4.78 is 25.7.